The van der Waals surface area contributed by atoms with Gasteiger partial charge in [0.05, 0.1) is 5.52 Å². The molecule has 2 aromatic heterocycles. The molecule has 0 radical (unpaired) electrons. The Balaban J connectivity index is 1.74. The van der Waals surface area contributed by atoms with Gasteiger partial charge in [-0.25, -0.2) is 4.98 Å². The number of benzene rings is 1. The second-order valence-corrected chi connectivity index (χ2v) is 6.19. The second-order valence-electron chi connectivity index (χ2n) is 6.19. The molecule has 0 spiro atoms. The summed E-state index contributed by atoms with van der Waals surface area (Å²) in [6.45, 7) is 0. The van der Waals surface area contributed by atoms with Crippen LogP contribution in [0.5, 0.6) is 0 Å². The summed E-state index contributed by atoms with van der Waals surface area (Å²) in [4.78, 5) is 31.3. The molecule has 0 saturated heterocycles. The van der Waals surface area contributed by atoms with Crippen molar-refractivity contribution in [3.63, 3.8) is 0 Å². The summed E-state index contributed by atoms with van der Waals surface area (Å²) in [7, 11) is 1.70. The van der Waals surface area contributed by atoms with Crippen LogP contribution in [0.1, 0.15) is 33.9 Å². The number of anilines is 1. The number of fused-ring (bicyclic) bond motifs is 1. The van der Waals surface area contributed by atoms with Crippen molar-refractivity contribution < 1.29 is 9.59 Å². The van der Waals surface area contributed by atoms with Gasteiger partial charge in [0.15, 0.2) is 5.69 Å². The van der Waals surface area contributed by atoms with Crippen LogP contribution in [0.15, 0.2) is 54.7 Å². The third-order valence-electron chi connectivity index (χ3n) is 4.32. The van der Waals surface area contributed by atoms with E-state index in [1.807, 2.05) is 42.5 Å². The standard InChI is InChI=1S/C19H18N4O2/c1-22(14-7-3-2-4-8-14)19(25)17-21-16(18(24)20-13-10-11-13)15-9-5-6-12-23(15)17/h2-9,12-13H,10-11H2,1H3,(H,20,24). The van der Waals surface area contributed by atoms with Gasteiger partial charge in [0.1, 0.15) is 0 Å². The fourth-order valence-electron chi connectivity index (χ4n) is 2.76. The molecule has 126 valence electrons. The van der Waals surface area contributed by atoms with Crippen LogP contribution >= 0.6 is 0 Å². The number of rotatable bonds is 4. The van der Waals surface area contributed by atoms with Gasteiger partial charge in [0.25, 0.3) is 11.8 Å². The Morgan fingerprint density at radius 1 is 1.12 bits per heavy atom. The van der Waals surface area contributed by atoms with Crippen LogP contribution in [-0.2, 0) is 0 Å². The van der Waals surface area contributed by atoms with Crippen LogP contribution in [-0.4, -0.2) is 34.3 Å². The molecule has 1 aliphatic carbocycles. The highest BCUT2D eigenvalue weighted by molar-refractivity contribution is 6.07. The maximum atomic E-state index is 12.9. The molecule has 2 amide bonds. The van der Waals surface area contributed by atoms with E-state index in [0.29, 0.717) is 5.52 Å². The topological polar surface area (TPSA) is 66.7 Å². The van der Waals surface area contributed by atoms with Gasteiger partial charge in [-0.05, 0) is 37.1 Å². The zero-order valence-corrected chi connectivity index (χ0v) is 13.8. The molecule has 2 heterocycles. The molecule has 1 fully saturated rings. The molecule has 1 saturated carbocycles. The van der Waals surface area contributed by atoms with Crippen molar-refractivity contribution in [2.45, 2.75) is 18.9 Å². The van der Waals surface area contributed by atoms with Crippen LogP contribution in [0, 0.1) is 0 Å². The van der Waals surface area contributed by atoms with Crippen molar-refractivity contribution >= 4 is 23.0 Å². The van der Waals surface area contributed by atoms with Crippen molar-refractivity contribution in [2.75, 3.05) is 11.9 Å². The molecule has 0 atom stereocenters. The van der Waals surface area contributed by atoms with E-state index in [1.165, 1.54) is 4.90 Å². The largest absolute Gasteiger partial charge is 0.348 e. The third kappa shape index (κ3) is 2.87. The lowest BCUT2D eigenvalue weighted by Crippen LogP contribution is -2.28. The van der Waals surface area contributed by atoms with Crippen LogP contribution in [0.2, 0.25) is 0 Å². The Labute approximate surface area is 145 Å². The van der Waals surface area contributed by atoms with E-state index >= 15 is 0 Å². The molecule has 0 unspecified atom stereocenters. The van der Waals surface area contributed by atoms with Gasteiger partial charge in [-0.15, -0.1) is 0 Å². The summed E-state index contributed by atoms with van der Waals surface area (Å²) in [6, 6.07) is 15.0. The highest BCUT2D eigenvalue weighted by Crippen LogP contribution is 2.21. The second kappa shape index (κ2) is 6.05. The smallest absolute Gasteiger partial charge is 0.294 e. The number of amides is 2. The number of carbonyl (C=O) groups is 2. The number of nitrogens with one attached hydrogen (secondary N) is 1. The number of para-hydroxylation sites is 1. The molecule has 0 bridgehead atoms. The Morgan fingerprint density at radius 2 is 1.84 bits per heavy atom. The number of carbonyl (C=O) groups excluding carboxylic acids is 2. The van der Waals surface area contributed by atoms with Gasteiger partial charge < -0.3 is 10.2 Å². The lowest BCUT2D eigenvalue weighted by molar-refractivity contribution is 0.0948. The Kier molecular flexibility index (Phi) is 3.72. The predicted octanol–water partition coefficient (Wildman–Crippen LogP) is 2.50. The fraction of sp³-hybridized carbons (Fsp3) is 0.211. The molecule has 6 heteroatoms. The molecule has 6 nitrogen and oxygen atoms in total. The van der Waals surface area contributed by atoms with Gasteiger partial charge >= 0.3 is 0 Å². The highest BCUT2D eigenvalue weighted by atomic mass is 16.2. The van der Waals surface area contributed by atoms with Gasteiger partial charge in [-0.2, -0.15) is 0 Å². The van der Waals surface area contributed by atoms with Gasteiger partial charge in [-0.3, -0.25) is 14.0 Å². The van der Waals surface area contributed by atoms with Crippen LogP contribution in [0.25, 0.3) is 5.52 Å². The molecule has 4 rings (SSSR count). The van der Waals surface area contributed by atoms with Crippen LogP contribution in [0.3, 0.4) is 0 Å². The quantitative estimate of drug-likeness (QED) is 0.797. The number of hydrogen-bond acceptors (Lipinski definition) is 3. The zero-order valence-electron chi connectivity index (χ0n) is 13.8. The first-order valence-corrected chi connectivity index (χ1v) is 8.26. The Morgan fingerprint density at radius 3 is 2.56 bits per heavy atom. The summed E-state index contributed by atoms with van der Waals surface area (Å²) >= 11 is 0. The maximum absolute atomic E-state index is 12.9. The molecule has 1 N–H and O–H groups in total. The van der Waals surface area contributed by atoms with Crippen LogP contribution < -0.4 is 10.2 Å². The molecular weight excluding hydrogens is 316 g/mol. The van der Waals surface area contributed by atoms with E-state index in [1.54, 1.807) is 23.7 Å². The first kappa shape index (κ1) is 15.4. The zero-order chi connectivity index (χ0) is 17.4. The minimum Gasteiger partial charge on any atom is -0.348 e. The normalized spacial score (nSPS) is 13.6. The fourth-order valence-corrected chi connectivity index (χ4v) is 2.76. The number of imidazole rings is 1. The lowest BCUT2D eigenvalue weighted by Gasteiger charge is -2.16. The van der Waals surface area contributed by atoms with E-state index in [2.05, 4.69) is 10.3 Å². The summed E-state index contributed by atoms with van der Waals surface area (Å²) in [5.74, 6) is -0.270. The first-order chi connectivity index (χ1) is 12.1. The van der Waals surface area contributed by atoms with E-state index in [4.69, 9.17) is 0 Å². The van der Waals surface area contributed by atoms with Crippen molar-refractivity contribution in [2.24, 2.45) is 0 Å². The van der Waals surface area contributed by atoms with Crippen molar-refractivity contribution in [1.29, 1.82) is 0 Å². The average Bonchev–Trinajstić information content (AvgIpc) is 3.38. The molecule has 1 aromatic carbocycles. The third-order valence-corrected chi connectivity index (χ3v) is 4.32. The van der Waals surface area contributed by atoms with Gasteiger partial charge in [0.2, 0.25) is 5.82 Å². The monoisotopic (exact) mass is 334 g/mol. The molecule has 1 aliphatic rings. The molecule has 0 aliphatic heterocycles. The average molecular weight is 334 g/mol. The number of nitrogens with zero attached hydrogens (tertiary/aromatic N) is 3. The number of pyridine rings is 1. The summed E-state index contributed by atoms with van der Waals surface area (Å²) < 4.78 is 1.67. The summed E-state index contributed by atoms with van der Waals surface area (Å²) in [6.07, 6.45) is 3.75. The van der Waals surface area contributed by atoms with E-state index < -0.39 is 0 Å². The minimum atomic E-state index is -0.266. The SMILES string of the molecule is CN(C(=O)c1nc(C(=O)NC2CC2)c2ccccn12)c1ccccc1. The molecule has 3 aromatic rings. The predicted molar refractivity (Wildman–Crippen MR) is 94.9 cm³/mol. The van der Waals surface area contributed by atoms with Gasteiger partial charge in [-0.1, -0.05) is 24.3 Å². The van der Waals surface area contributed by atoms with Crippen molar-refractivity contribution in [1.82, 2.24) is 14.7 Å². The number of aromatic nitrogens is 2. The Hall–Kier alpha value is -3.15. The van der Waals surface area contributed by atoms with Crippen molar-refractivity contribution in [3.8, 4) is 0 Å². The minimum absolute atomic E-state index is 0.225. The lowest BCUT2D eigenvalue weighted by atomic mass is 10.3. The van der Waals surface area contributed by atoms with Crippen LogP contribution in [0.4, 0.5) is 5.69 Å². The van der Waals surface area contributed by atoms with E-state index in [0.717, 1.165) is 18.5 Å². The molecular formula is C19H18N4O2. The van der Waals surface area contributed by atoms with E-state index in [-0.39, 0.29) is 29.4 Å². The van der Waals surface area contributed by atoms with E-state index in [9.17, 15) is 9.59 Å². The Bertz CT molecular complexity index is 944. The van der Waals surface area contributed by atoms with Crippen molar-refractivity contribution in [3.05, 3.63) is 66.2 Å². The van der Waals surface area contributed by atoms with Gasteiger partial charge in [0, 0.05) is 25.0 Å². The number of hydrogen-bond donors (Lipinski definition) is 1. The maximum Gasteiger partial charge on any atom is 0.294 e. The first-order valence-electron chi connectivity index (χ1n) is 8.26. The highest BCUT2D eigenvalue weighted by Gasteiger charge is 2.28. The molecule has 25 heavy (non-hydrogen) atoms. The summed E-state index contributed by atoms with van der Waals surface area (Å²) in [5.41, 5.74) is 1.69. The summed E-state index contributed by atoms with van der Waals surface area (Å²) in [5, 5.41) is 2.94.